The normalized spacial score (nSPS) is 21.0. The van der Waals surface area contributed by atoms with Crippen molar-refractivity contribution >= 4 is 11.7 Å². The van der Waals surface area contributed by atoms with Crippen LogP contribution >= 0.6 is 0 Å². The van der Waals surface area contributed by atoms with Crippen LogP contribution in [0, 0.1) is 0 Å². The highest BCUT2D eigenvalue weighted by Crippen LogP contribution is 2.43. The Kier molecular flexibility index (Phi) is 3.93. The van der Waals surface area contributed by atoms with Crippen molar-refractivity contribution in [3.05, 3.63) is 77.0 Å². The van der Waals surface area contributed by atoms with Crippen LogP contribution in [0.2, 0.25) is 0 Å². The maximum Gasteiger partial charge on any atom is 0.248 e. The second-order valence-electron chi connectivity index (χ2n) is 7.08. The van der Waals surface area contributed by atoms with Crippen molar-refractivity contribution in [2.24, 2.45) is 0 Å². The van der Waals surface area contributed by atoms with Gasteiger partial charge < -0.3 is 10.1 Å². The van der Waals surface area contributed by atoms with Crippen molar-refractivity contribution in [3.63, 3.8) is 0 Å². The van der Waals surface area contributed by atoms with Crippen molar-refractivity contribution in [3.8, 4) is 5.75 Å². The molecule has 7 heteroatoms. The molecule has 0 fully saturated rings. The molecule has 7 nitrogen and oxygen atoms in total. The largest absolute Gasteiger partial charge is 0.497 e. The predicted octanol–water partition coefficient (Wildman–Crippen LogP) is 3.10. The number of hydrogen-bond acceptors (Lipinski definition) is 6. The van der Waals surface area contributed by atoms with Gasteiger partial charge in [-0.25, -0.2) is 0 Å². The Balaban J connectivity index is 1.58. The Morgan fingerprint density at radius 3 is 2.57 bits per heavy atom. The Morgan fingerprint density at radius 2 is 1.82 bits per heavy atom. The number of Topliss-reactive ketones (excluding diaryl/α,β-unsaturated/α-hetero) is 1. The van der Waals surface area contributed by atoms with Crippen molar-refractivity contribution in [2.75, 3.05) is 12.4 Å². The fraction of sp³-hybridized carbons (Fsp3) is 0.238. The van der Waals surface area contributed by atoms with Crippen LogP contribution in [0.1, 0.15) is 35.9 Å². The summed E-state index contributed by atoms with van der Waals surface area (Å²) in [6.45, 7) is 0. The number of carbonyl (C=O) groups is 1. The summed E-state index contributed by atoms with van der Waals surface area (Å²) in [6.07, 6.45) is 1.24. The lowest BCUT2D eigenvalue weighted by Crippen LogP contribution is -2.33. The number of aromatic nitrogens is 4. The molecule has 1 aromatic heterocycles. The fourth-order valence-corrected chi connectivity index (χ4v) is 4.13. The number of rotatable bonds is 3. The lowest BCUT2D eigenvalue weighted by molar-refractivity contribution is -0.116. The van der Waals surface area contributed by atoms with Gasteiger partial charge in [0, 0.05) is 17.7 Å². The number of benzene rings is 2. The van der Waals surface area contributed by atoms with Crippen LogP contribution in [0.3, 0.4) is 0 Å². The first-order valence-corrected chi connectivity index (χ1v) is 9.24. The van der Waals surface area contributed by atoms with E-state index in [4.69, 9.17) is 4.74 Å². The van der Waals surface area contributed by atoms with Gasteiger partial charge in [0.05, 0.1) is 7.11 Å². The van der Waals surface area contributed by atoms with Crippen LogP contribution in [0.4, 0.5) is 5.95 Å². The van der Waals surface area contributed by atoms with E-state index >= 15 is 0 Å². The van der Waals surface area contributed by atoms with E-state index in [1.807, 2.05) is 42.5 Å². The zero-order valence-corrected chi connectivity index (χ0v) is 15.4. The molecule has 140 valence electrons. The number of carbonyl (C=O) groups excluding carboxylic acids is 1. The minimum absolute atomic E-state index is 0.129. The average Bonchev–Trinajstić information content (AvgIpc) is 3.21. The Morgan fingerprint density at radius 1 is 1.04 bits per heavy atom. The van der Waals surface area contributed by atoms with Gasteiger partial charge in [-0.05, 0) is 46.0 Å². The molecule has 1 aliphatic carbocycles. The average molecular weight is 373 g/mol. The van der Waals surface area contributed by atoms with Gasteiger partial charge in [-0.15, -0.1) is 0 Å². The Hall–Kier alpha value is -3.48. The molecule has 0 bridgehead atoms. The van der Waals surface area contributed by atoms with E-state index in [0.717, 1.165) is 29.0 Å². The Bertz CT molecular complexity index is 1060. The second-order valence-corrected chi connectivity index (χ2v) is 7.08. The molecule has 28 heavy (non-hydrogen) atoms. The fourth-order valence-electron chi connectivity index (χ4n) is 4.13. The van der Waals surface area contributed by atoms with Gasteiger partial charge in [0.15, 0.2) is 5.78 Å². The number of nitrogens with one attached hydrogen (secondary N) is 1. The molecule has 3 aromatic rings. The first kappa shape index (κ1) is 16.7. The quantitative estimate of drug-likeness (QED) is 0.760. The summed E-state index contributed by atoms with van der Waals surface area (Å²) in [5, 5.41) is 15.3. The maximum absolute atomic E-state index is 13.2. The number of hydrogen-bond donors (Lipinski definition) is 1. The molecule has 2 heterocycles. The number of methoxy groups -OCH3 is 1. The van der Waals surface area contributed by atoms with E-state index in [1.165, 1.54) is 5.56 Å². The lowest BCUT2D eigenvalue weighted by atomic mass is 9.78. The molecule has 2 unspecified atom stereocenters. The number of fused-ring (bicyclic) bond motifs is 1. The number of tetrazole rings is 1. The highest BCUT2D eigenvalue weighted by atomic mass is 16.5. The molecule has 0 radical (unpaired) electrons. The summed E-state index contributed by atoms with van der Waals surface area (Å²) in [5.41, 5.74) is 3.79. The molecular formula is C21H19N5O2. The number of nitrogens with zero attached hydrogens (tertiary/aromatic N) is 4. The van der Waals surface area contributed by atoms with E-state index in [1.54, 1.807) is 11.8 Å². The van der Waals surface area contributed by atoms with Gasteiger partial charge in [0.1, 0.15) is 11.8 Å². The zero-order valence-electron chi connectivity index (χ0n) is 15.4. The second kappa shape index (κ2) is 6.60. The first-order valence-electron chi connectivity index (χ1n) is 9.24. The van der Waals surface area contributed by atoms with Gasteiger partial charge in [0.25, 0.3) is 0 Å². The third-order valence-electron chi connectivity index (χ3n) is 5.48. The number of anilines is 1. The van der Waals surface area contributed by atoms with E-state index < -0.39 is 0 Å². The molecule has 1 aliphatic heterocycles. The molecule has 2 aliphatic rings. The van der Waals surface area contributed by atoms with Crippen LogP contribution in [0.25, 0.3) is 0 Å². The standard InChI is InChI=1S/C21H19N5O2/c1-28-16-9-7-14(8-10-16)20-19-17(22-21-23-24-25-26(20)21)11-15(12-18(19)27)13-5-3-2-4-6-13/h2-10,15,20H,11-12H2,1H3,(H,22,23,25). The molecule has 0 amide bonds. The van der Waals surface area contributed by atoms with Crippen molar-refractivity contribution in [1.82, 2.24) is 20.2 Å². The van der Waals surface area contributed by atoms with Crippen LogP contribution in [0.5, 0.6) is 5.75 Å². The topological polar surface area (TPSA) is 81.9 Å². The molecule has 5 rings (SSSR count). The third kappa shape index (κ3) is 2.67. The summed E-state index contributed by atoms with van der Waals surface area (Å²) < 4.78 is 6.95. The number of ether oxygens (including phenoxy) is 1. The van der Waals surface area contributed by atoms with Crippen LogP contribution in [-0.4, -0.2) is 33.1 Å². The monoisotopic (exact) mass is 373 g/mol. The highest BCUT2D eigenvalue weighted by molar-refractivity contribution is 6.00. The van der Waals surface area contributed by atoms with E-state index in [9.17, 15) is 4.79 Å². The smallest absolute Gasteiger partial charge is 0.248 e. The predicted molar refractivity (Wildman–Crippen MR) is 103 cm³/mol. The maximum atomic E-state index is 13.2. The van der Waals surface area contributed by atoms with Gasteiger partial charge in [0.2, 0.25) is 5.95 Å². The molecule has 0 spiro atoms. The van der Waals surface area contributed by atoms with Crippen LogP contribution in [-0.2, 0) is 4.79 Å². The van der Waals surface area contributed by atoms with E-state index in [2.05, 4.69) is 33.0 Å². The molecule has 0 saturated carbocycles. The van der Waals surface area contributed by atoms with Crippen molar-refractivity contribution in [2.45, 2.75) is 24.8 Å². The summed E-state index contributed by atoms with van der Waals surface area (Å²) in [4.78, 5) is 13.2. The van der Waals surface area contributed by atoms with Gasteiger partial charge >= 0.3 is 0 Å². The molecule has 2 aromatic carbocycles. The van der Waals surface area contributed by atoms with Crippen LogP contribution < -0.4 is 10.1 Å². The summed E-state index contributed by atoms with van der Waals surface area (Å²) >= 11 is 0. The minimum Gasteiger partial charge on any atom is -0.497 e. The minimum atomic E-state index is -0.337. The van der Waals surface area contributed by atoms with Crippen LogP contribution in [0.15, 0.2) is 65.9 Å². The SMILES string of the molecule is COc1ccc(C2C3=C(CC(c4ccccc4)CC3=O)Nc3nnnn32)cc1. The van der Waals surface area contributed by atoms with Crippen molar-refractivity contribution < 1.29 is 9.53 Å². The summed E-state index contributed by atoms with van der Waals surface area (Å²) in [7, 11) is 1.63. The lowest BCUT2D eigenvalue weighted by Gasteiger charge is -2.34. The molecule has 2 atom stereocenters. The summed E-state index contributed by atoms with van der Waals surface area (Å²) in [5.74, 6) is 1.60. The first-order chi connectivity index (χ1) is 13.7. The van der Waals surface area contributed by atoms with E-state index in [-0.39, 0.29) is 17.7 Å². The van der Waals surface area contributed by atoms with E-state index in [0.29, 0.717) is 12.4 Å². The van der Waals surface area contributed by atoms with Gasteiger partial charge in [-0.1, -0.05) is 47.6 Å². The van der Waals surface area contributed by atoms with Gasteiger partial charge in [-0.2, -0.15) is 4.68 Å². The highest BCUT2D eigenvalue weighted by Gasteiger charge is 2.39. The number of ketones is 1. The third-order valence-corrected chi connectivity index (χ3v) is 5.48. The zero-order chi connectivity index (χ0) is 19.1. The van der Waals surface area contributed by atoms with Gasteiger partial charge in [-0.3, -0.25) is 4.79 Å². The molecule has 1 N–H and O–H groups in total. The summed E-state index contributed by atoms with van der Waals surface area (Å²) in [6, 6.07) is 17.5. The molecule has 0 saturated heterocycles. The van der Waals surface area contributed by atoms with Crippen molar-refractivity contribution in [1.29, 1.82) is 0 Å². The number of allylic oxidation sites excluding steroid dienone is 2. The Labute approximate surface area is 162 Å². The molecular weight excluding hydrogens is 354 g/mol.